The third kappa shape index (κ3) is 3.25. The standard InChI is InChI=1S/C10H21NO2/c1-3-5-9(12)10-8-11(4-2)6-7-13-10/h9-10,12H,3-8H2,1-2H3. The van der Waals surface area contributed by atoms with Gasteiger partial charge in [0.15, 0.2) is 0 Å². The Balaban J connectivity index is 2.32. The van der Waals surface area contributed by atoms with Gasteiger partial charge >= 0.3 is 0 Å². The molecule has 0 amide bonds. The van der Waals surface area contributed by atoms with Crippen molar-refractivity contribution in [3.05, 3.63) is 0 Å². The van der Waals surface area contributed by atoms with Gasteiger partial charge in [0.25, 0.3) is 0 Å². The Bertz CT molecular complexity index is 141. The van der Waals surface area contributed by atoms with Crippen molar-refractivity contribution in [2.75, 3.05) is 26.2 Å². The second-order valence-corrected chi connectivity index (χ2v) is 3.66. The number of hydrogen-bond acceptors (Lipinski definition) is 3. The van der Waals surface area contributed by atoms with Gasteiger partial charge in [-0.25, -0.2) is 0 Å². The SMILES string of the molecule is CCCC(O)C1CN(CC)CCO1. The summed E-state index contributed by atoms with van der Waals surface area (Å²) in [5, 5.41) is 9.74. The molecule has 3 heteroatoms. The maximum atomic E-state index is 9.74. The van der Waals surface area contributed by atoms with Crippen molar-refractivity contribution in [1.82, 2.24) is 4.90 Å². The average molecular weight is 187 g/mol. The largest absolute Gasteiger partial charge is 0.390 e. The van der Waals surface area contributed by atoms with E-state index >= 15 is 0 Å². The van der Waals surface area contributed by atoms with Crippen molar-refractivity contribution >= 4 is 0 Å². The van der Waals surface area contributed by atoms with Crippen LogP contribution in [-0.2, 0) is 4.74 Å². The summed E-state index contributed by atoms with van der Waals surface area (Å²) in [5.41, 5.74) is 0. The Labute approximate surface area is 80.7 Å². The Hall–Kier alpha value is -0.120. The van der Waals surface area contributed by atoms with Crippen LogP contribution in [0.25, 0.3) is 0 Å². The molecule has 1 fully saturated rings. The van der Waals surface area contributed by atoms with E-state index in [9.17, 15) is 5.11 Å². The smallest absolute Gasteiger partial charge is 0.0960 e. The summed E-state index contributed by atoms with van der Waals surface area (Å²) in [6.45, 7) is 7.94. The average Bonchev–Trinajstić information content (AvgIpc) is 2.18. The van der Waals surface area contributed by atoms with E-state index in [-0.39, 0.29) is 12.2 Å². The van der Waals surface area contributed by atoms with Gasteiger partial charge in [-0.05, 0) is 13.0 Å². The van der Waals surface area contributed by atoms with E-state index in [4.69, 9.17) is 4.74 Å². The van der Waals surface area contributed by atoms with Crippen LogP contribution in [0, 0.1) is 0 Å². The highest BCUT2D eigenvalue weighted by atomic mass is 16.5. The van der Waals surface area contributed by atoms with Crippen LogP contribution in [0.2, 0.25) is 0 Å². The first-order valence-corrected chi connectivity index (χ1v) is 5.30. The molecule has 0 saturated carbocycles. The van der Waals surface area contributed by atoms with Crippen molar-refractivity contribution < 1.29 is 9.84 Å². The third-order valence-electron chi connectivity index (χ3n) is 2.64. The van der Waals surface area contributed by atoms with E-state index in [0.717, 1.165) is 39.1 Å². The van der Waals surface area contributed by atoms with Crippen LogP contribution in [-0.4, -0.2) is 48.5 Å². The summed E-state index contributed by atoms with van der Waals surface area (Å²) in [6.07, 6.45) is 1.63. The van der Waals surface area contributed by atoms with E-state index in [2.05, 4.69) is 18.7 Å². The molecule has 13 heavy (non-hydrogen) atoms. The van der Waals surface area contributed by atoms with Crippen LogP contribution in [0.3, 0.4) is 0 Å². The molecule has 1 saturated heterocycles. The van der Waals surface area contributed by atoms with Crippen molar-refractivity contribution in [3.63, 3.8) is 0 Å². The normalized spacial score (nSPS) is 27.5. The summed E-state index contributed by atoms with van der Waals surface area (Å²) in [4.78, 5) is 2.33. The Morgan fingerprint density at radius 3 is 2.92 bits per heavy atom. The van der Waals surface area contributed by atoms with E-state index in [1.165, 1.54) is 0 Å². The Morgan fingerprint density at radius 1 is 1.54 bits per heavy atom. The molecule has 2 atom stereocenters. The van der Waals surface area contributed by atoms with Crippen LogP contribution in [0.1, 0.15) is 26.7 Å². The summed E-state index contributed by atoms with van der Waals surface area (Å²) >= 11 is 0. The van der Waals surface area contributed by atoms with Gasteiger partial charge in [0.1, 0.15) is 0 Å². The summed E-state index contributed by atoms with van der Waals surface area (Å²) < 4.78 is 5.53. The molecule has 0 aromatic carbocycles. The Kier molecular flexibility index (Phi) is 4.70. The van der Waals surface area contributed by atoms with Crippen LogP contribution >= 0.6 is 0 Å². The van der Waals surface area contributed by atoms with E-state index in [1.54, 1.807) is 0 Å². The molecule has 0 spiro atoms. The highest BCUT2D eigenvalue weighted by Gasteiger charge is 2.25. The molecule has 0 aromatic rings. The lowest BCUT2D eigenvalue weighted by Gasteiger charge is -2.34. The minimum Gasteiger partial charge on any atom is -0.390 e. The van der Waals surface area contributed by atoms with E-state index in [0.29, 0.717) is 0 Å². The first-order valence-electron chi connectivity index (χ1n) is 5.30. The molecule has 78 valence electrons. The zero-order valence-corrected chi connectivity index (χ0v) is 8.70. The van der Waals surface area contributed by atoms with E-state index < -0.39 is 0 Å². The molecule has 0 aromatic heterocycles. The summed E-state index contributed by atoms with van der Waals surface area (Å²) in [5.74, 6) is 0. The van der Waals surface area contributed by atoms with Crippen LogP contribution in [0.5, 0.6) is 0 Å². The molecule has 1 aliphatic heterocycles. The monoisotopic (exact) mass is 187 g/mol. The van der Waals surface area contributed by atoms with Gasteiger partial charge in [0.05, 0.1) is 18.8 Å². The van der Waals surface area contributed by atoms with E-state index in [1.807, 2.05) is 0 Å². The number of nitrogens with zero attached hydrogens (tertiary/aromatic N) is 1. The minimum absolute atomic E-state index is 0.0358. The highest BCUT2D eigenvalue weighted by Crippen LogP contribution is 2.12. The second-order valence-electron chi connectivity index (χ2n) is 3.66. The number of likely N-dealkylation sites (N-methyl/N-ethyl adjacent to an activating group) is 1. The lowest BCUT2D eigenvalue weighted by molar-refractivity contribution is -0.0893. The molecular weight excluding hydrogens is 166 g/mol. The number of morpholine rings is 1. The van der Waals surface area contributed by atoms with Crippen molar-refractivity contribution in [2.45, 2.75) is 38.9 Å². The first kappa shape index (κ1) is 11.0. The molecule has 0 aliphatic carbocycles. The quantitative estimate of drug-likeness (QED) is 0.709. The lowest BCUT2D eigenvalue weighted by Crippen LogP contribution is -2.47. The van der Waals surface area contributed by atoms with Crippen molar-refractivity contribution in [1.29, 1.82) is 0 Å². The zero-order chi connectivity index (χ0) is 9.68. The third-order valence-corrected chi connectivity index (χ3v) is 2.64. The topological polar surface area (TPSA) is 32.7 Å². The van der Waals surface area contributed by atoms with Gasteiger partial charge in [-0.3, -0.25) is 4.90 Å². The predicted octanol–water partition coefficient (Wildman–Crippen LogP) is 0.868. The van der Waals surface area contributed by atoms with Crippen molar-refractivity contribution in [3.8, 4) is 0 Å². The molecule has 1 aliphatic rings. The molecule has 1 rings (SSSR count). The van der Waals surface area contributed by atoms with Crippen molar-refractivity contribution in [2.24, 2.45) is 0 Å². The fraction of sp³-hybridized carbons (Fsp3) is 1.00. The fourth-order valence-electron chi connectivity index (χ4n) is 1.73. The second kappa shape index (κ2) is 5.58. The number of ether oxygens (including phenoxy) is 1. The number of hydrogen-bond donors (Lipinski definition) is 1. The predicted molar refractivity (Wildman–Crippen MR) is 52.8 cm³/mol. The Morgan fingerprint density at radius 2 is 2.31 bits per heavy atom. The summed E-state index contributed by atoms with van der Waals surface area (Å²) in [6, 6.07) is 0. The molecule has 1 heterocycles. The molecular formula is C10H21NO2. The van der Waals surface area contributed by atoms with Gasteiger partial charge in [0.2, 0.25) is 0 Å². The summed E-state index contributed by atoms with van der Waals surface area (Å²) in [7, 11) is 0. The van der Waals surface area contributed by atoms with Crippen LogP contribution in [0.4, 0.5) is 0 Å². The van der Waals surface area contributed by atoms with Gasteiger partial charge in [-0.2, -0.15) is 0 Å². The first-order chi connectivity index (χ1) is 6.27. The maximum Gasteiger partial charge on any atom is 0.0960 e. The number of aliphatic hydroxyl groups excluding tert-OH is 1. The minimum atomic E-state index is -0.278. The van der Waals surface area contributed by atoms with Gasteiger partial charge in [0, 0.05) is 13.1 Å². The van der Waals surface area contributed by atoms with Crippen LogP contribution in [0.15, 0.2) is 0 Å². The molecule has 0 bridgehead atoms. The number of aliphatic hydroxyl groups is 1. The molecule has 3 nitrogen and oxygen atoms in total. The molecule has 0 radical (unpaired) electrons. The molecule has 2 unspecified atom stereocenters. The van der Waals surface area contributed by atoms with Gasteiger partial charge in [-0.1, -0.05) is 20.3 Å². The van der Waals surface area contributed by atoms with Gasteiger partial charge in [-0.15, -0.1) is 0 Å². The number of rotatable bonds is 4. The zero-order valence-electron chi connectivity index (χ0n) is 8.70. The van der Waals surface area contributed by atoms with Crippen LogP contribution < -0.4 is 0 Å². The highest BCUT2D eigenvalue weighted by molar-refractivity contribution is 4.76. The lowest BCUT2D eigenvalue weighted by atomic mass is 10.1. The van der Waals surface area contributed by atoms with Gasteiger partial charge < -0.3 is 9.84 Å². The maximum absolute atomic E-state index is 9.74. The molecule has 1 N–H and O–H groups in total. The fourth-order valence-corrected chi connectivity index (χ4v) is 1.73.